The van der Waals surface area contributed by atoms with E-state index >= 15 is 0 Å². The minimum absolute atomic E-state index is 0.0148. The molecule has 1 rings (SSSR count). The molecule has 0 radical (unpaired) electrons. The van der Waals surface area contributed by atoms with Crippen molar-refractivity contribution in [3.05, 3.63) is 46.3 Å². The van der Waals surface area contributed by atoms with Gasteiger partial charge in [0.2, 0.25) is 0 Å². The van der Waals surface area contributed by atoms with E-state index in [0.29, 0.717) is 6.54 Å². The lowest BCUT2D eigenvalue weighted by atomic mass is 10.0. The zero-order valence-corrected chi connectivity index (χ0v) is 11.3. The fourth-order valence-electron chi connectivity index (χ4n) is 1.64. The first-order valence-electron chi connectivity index (χ1n) is 6.35. The third kappa shape index (κ3) is 5.93. The van der Waals surface area contributed by atoms with Crippen molar-refractivity contribution in [1.29, 1.82) is 0 Å². The quantitative estimate of drug-likeness (QED) is 0.326. The molecule has 0 spiro atoms. The largest absolute Gasteiger partial charge is 0.465 e. The molecule has 19 heavy (non-hydrogen) atoms. The summed E-state index contributed by atoms with van der Waals surface area (Å²) in [6, 6.07) is 9.88. The summed E-state index contributed by atoms with van der Waals surface area (Å²) in [5, 5.41) is 3.58. The van der Waals surface area contributed by atoms with E-state index in [1.54, 1.807) is 13.8 Å². The molecule has 5 nitrogen and oxygen atoms in total. The van der Waals surface area contributed by atoms with E-state index in [0.717, 1.165) is 12.0 Å². The van der Waals surface area contributed by atoms with Crippen molar-refractivity contribution in [3.63, 3.8) is 0 Å². The highest BCUT2D eigenvalue weighted by Crippen LogP contribution is 2.11. The number of ether oxygens (including phenoxy) is 1. The standard InChI is InChI=1S/C14H19N3O2/c1-11(2)14(18)19-10-13(9-16-17-15)8-12-6-4-3-5-7-12/h3-7,11,13H,8-10H2,1-2H3. The van der Waals surface area contributed by atoms with E-state index in [9.17, 15) is 4.79 Å². The smallest absolute Gasteiger partial charge is 0.308 e. The maximum atomic E-state index is 11.4. The lowest BCUT2D eigenvalue weighted by Gasteiger charge is -2.16. The predicted octanol–water partition coefficient (Wildman–Crippen LogP) is 3.35. The van der Waals surface area contributed by atoms with Crippen LogP contribution in [0.5, 0.6) is 0 Å². The van der Waals surface area contributed by atoms with E-state index in [-0.39, 0.29) is 24.4 Å². The number of esters is 1. The molecule has 0 aliphatic carbocycles. The topological polar surface area (TPSA) is 75.1 Å². The molecule has 5 heteroatoms. The Morgan fingerprint density at radius 2 is 2.05 bits per heavy atom. The van der Waals surface area contributed by atoms with E-state index in [1.807, 2.05) is 30.3 Å². The van der Waals surface area contributed by atoms with Crippen LogP contribution in [0.25, 0.3) is 10.4 Å². The van der Waals surface area contributed by atoms with Gasteiger partial charge in [-0.05, 0) is 17.5 Å². The summed E-state index contributed by atoms with van der Waals surface area (Å²) in [5.41, 5.74) is 9.54. The monoisotopic (exact) mass is 261 g/mol. The Morgan fingerprint density at radius 1 is 1.37 bits per heavy atom. The van der Waals surface area contributed by atoms with Gasteiger partial charge in [0.25, 0.3) is 0 Å². The molecule has 102 valence electrons. The van der Waals surface area contributed by atoms with Gasteiger partial charge in [0, 0.05) is 17.4 Å². The van der Waals surface area contributed by atoms with Crippen molar-refractivity contribution >= 4 is 5.97 Å². The van der Waals surface area contributed by atoms with Crippen LogP contribution in [0.3, 0.4) is 0 Å². The highest BCUT2D eigenvalue weighted by molar-refractivity contribution is 5.71. The summed E-state index contributed by atoms with van der Waals surface area (Å²) in [4.78, 5) is 14.2. The van der Waals surface area contributed by atoms with Gasteiger partial charge in [0.1, 0.15) is 0 Å². The van der Waals surface area contributed by atoms with Crippen molar-refractivity contribution in [2.75, 3.05) is 13.2 Å². The summed E-state index contributed by atoms with van der Waals surface area (Å²) in [7, 11) is 0. The van der Waals surface area contributed by atoms with Crippen molar-refractivity contribution in [1.82, 2.24) is 0 Å². The van der Waals surface area contributed by atoms with E-state index in [2.05, 4.69) is 10.0 Å². The maximum absolute atomic E-state index is 11.4. The fraction of sp³-hybridized carbons (Fsp3) is 0.500. The van der Waals surface area contributed by atoms with Crippen LogP contribution in [0.1, 0.15) is 19.4 Å². The number of benzene rings is 1. The molecule has 0 amide bonds. The van der Waals surface area contributed by atoms with Crippen molar-refractivity contribution < 1.29 is 9.53 Å². The SMILES string of the molecule is CC(C)C(=O)OCC(CN=[N+]=[N-])Cc1ccccc1. The Morgan fingerprint density at radius 3 is 2.63 bits per heavy atom. The van der Waals surface area contributed by atoms with Gasteiger partial charge in [0.15, 0.2) is 0 Å². The van der Waals surface area contributed by atoms with Crippen LogP contribution in [-0.4, -0.2) is 19.1 Å². The number of azide groups is 1. The minimum Gasteiger partial charge on any atom is -0.465 e. The van der Waals surface area contributed by atoms with Gasteiger partial charge in [-0.3, -0.25) is 4.79 Å². The zero-order valence-electron chi connectivity index (χ0n) is 11.3. The van der Waals surface area contributed by atoms with Crippen LogP contribution < -0.4 is 0 Å². The molecule has 1 aromatic carbocycles. The molecule has 0 bridgehead atoms. The maximum Gasteiger partial charge on any atom is 0.308 e. The van der Waals surface area contributed by atoms with Gasteiger partial charge in [0.05, 0.1) is 12.5 Å². The predicted molar refractivity (Wildman–Crippen MR) is 73.4 cm³/mol. The first-order chi connectivity index (χ1) is 9.13. The summed E-state index contributed by atoms with van der Waals surface area (Å²) in [6.45, 7) is 4.20. The third-order valence-electron chi connectivity index (χ3n) is 2.70. The molecule has 1 aromatic rings. The normalized spacial score (nSPS) is 11.7. The van der Waals surface area contributed by atoms with E-state index in [4.69, 9.17) is 10.3 Å². The summed E-state index contributed by atoms with van der Waals surface area (Å²) >= 11 is 0. The van der Waals surface area contributed by atoms with E-state index < -0.39 is 0 Å². The van der Waals surface area contributed by atoms with Crippen molar-refractivity contribution in [2.45, 2.75) is 20.3 Å². The Kier molecular flexibility index (Phi) is 6.47. The van der Waals surface area contributed by atoms with Gasteiger partial charge in [-0.25, -0.2) is 0 Å². The molecule has 0 fully saturated rings. The second-order valence-electron chi connectivity index (χ2n) is 4.75. The van der Waals surface area contributed by atoms with Gasteiger partial charge in [-0.2, -0.15) is 0 Å². The first-order valence-corrected chi connectivity index (χ1v) is 6.35. The zero-order chi connectivity index (χ0) is 14.1. The molecule has 0 saturated carbocycles. The van der Waals surface area contributed by atoms with Crippen LogP contribution in [0.2, 0.25) is 0 Å². The van der Waals surface area contributed by atoms with E-state index in [1.165, 1.54) is 0 Å². The Hall–Kier alpha value is -2.00. The molecule has 0 aliphatic rings. The van der Waals surface area contributed by atoms with Gasteiger partial charge in [-0.15, -0.1) is 0 Å². The summed E-state index contributed by atoms with van der Waals surface area (Å²) < 4.78 is 5.21. The van der Waals surface area contributed by atoms with Crippen LogP contribution in [0.4, 0.5) is 0 Å². The minimum atomic E-state index is -0.223. The van der Waals surface area contributed by atoms with Gasteiger partial charge >= 0.3 is 5.97 Å². The van der Waals surface area contributed by atoms with Crippen LogP contribution >= 0.6 is 0 Å². The molecular weight excluding hydrogens is 242 g/mol. The number of hydrogen-bond acceptors (Lipinski definition) is 3. The molecule has 0 heterocycles. The molecule has 0 aromatic heterocycles. The number of carbonyl (C=O) groups is 1. The first kappa shape index (κ1) is 15.1. The van der Waals surface area contributed by atoms with Gasteiger partial charge < -0.3 is 4.74 Å². The fourth-order valence-corrected chi connectivity index (χ4v) is 1.64. The highest BCUT2D eigenvalue weighted by atomic mass is 16.5. The summed E-state index contributed by atoms with van der Waals surface area (Å²) in [5.74, 6) is -0.350. The second-order valence-corrected chi connectivity index (χ2v) is 4.75. The number of nitrogens with zero attached hydrogens (tertiary/aromatic N) is 3. The summed E-state index contributed by atoms with van der Waals surface area (Å²) in [6.07, 6.45) is 0.727. The molecule has 1 unspecified atom stereocenters. The van der Waals surface area contributed by atoms with Crippen molar-refractivity contribution in [3.8, 4) is 0 Å². The third-order valence-corrected chi connectivity index (χ3v) is 2.70. The van der Waals surface area contributed by atoms with Crippen LogP contribution in [0.15, 0.2) is 35.4 Å². The van der Waals surface area contributed by atoms with Crippen LogP contribution in [0, 0.1) is 11.8 Å². The van der Waals surface area contributed by atoms with Crippen LogP contribution in [-0.2, 0) is 16.0 Å². The molecule has 0 aliphatic heterocycles. The number of carbonyl (C=O) groups excluding carboxylic acids is 1. The second kappa shape index (κ2) is 8.16. The number of rotatable bonds is 7. The lowest BCUT2D eigenvalue weighted by molar-refractivity contribution is -0.148. The van der Waals surface area contributed by atoms with Gasteiger partial charge in [-0.1, -0.05) is 49.3 Å². The average molecular weight is 261 g/mol. The number of hydrogen-bond donors (Lipinski definition) is 0. The molecule has 0 N–H and O–H groups in total. The Labute approximate surface area is 113 Å². The Bertz CT molecular complexity index is 439. The molecule has 0 saturated heterocycles. The molecular formula is C14H19N3O2. The Balaban J connectivity index is 2.56. The lowest BCUT2D eigenvalue weighted by Crippen LogP contribution is -2.21. The van der Waals surface area contributed by atoms with Crippen molar-refractivity contribution in [2.24, 2.45) is 17.0 Å². The highest BCUT2D eigenvalue weighted by Gasteiger charge is 2.14. The average Bonchev–Trinajstić information content (AvgIpc) is 2.42. The molecule has 1 atom stereocenters.